The van der Waals surface area contributed by atoms with Gasteiger partial charge in [-0.25, -0.2) is 4.98 Å². The van der Waals surface area contributed by atoms with Crippen molar-refractivity contribution < 1.29 is 24.5 Å². The van der Waals surface area contributed by atoms with Crippen LogP contribution < -0.4 is 4.74 Å². The number of hydrogen-bond donors (Lipinski definition) is 2. The SMILES string of the molecule is CCN(C[C@@H]1COC[C@@H](O)[C@H]1O)C(=O)c1ccnc(OC)c1. The molecule has 0 saturated carbocycles. The van der Waals surface area contributed by atoms with Gasteiger partial charge in [-0.15, -0.1) is 0 Å². The molecule has 0 unspecified atom stereocenters. The van der Waals surface area contributed by atoms with E-state index in [0.717, 1.165) is 0 Å². The summed E-state index contributed by atoms with van der Waals surface area (Å²) in [4.78, 5) is 18.2. The number of amides is 1. The van der Waals surface area contributed by atoms with E-state index in [9.17, 15) is 15.0 Å². The van der Waals surface area contributed by atoms with Gasteiger partial charge < -0.3 is 24.6 Å². The summed E-state index contributed by atoms with van der Waals surface area (Å²) in [6.45, 7) is 3.12. The summed E-state index contributed by atoms with van der Waals surface area (Å²) in [6.07, 6.45) is -0.279. The summed E-state index contributed by atoms with van der Waals surface area (Å²) in [5.41, 5.74) is 0.473. The minimum absolute atomic E-state index is 0.124. The summed E-state index contributed by atoms with van der Waals surface area (Å²) in [5, 5.41) is 19.7. The Bertz CT molecular complexity index is 510. The number of hydrogen-bond acceptors (Lipinski definition) is 6. The largest absolute Gasteiger partial charge is 0.481 e. The van der Waals surface area contributed by atoms with Gasteiger partial charge in [-0.3, -0.25) is 4.79 Å². The smallest absolute Gasteiger partial charge is 0.254 e. The second-order valence-electron chi connectivity index (χ2n) is 5.29. The lowest BCUT2D eigenvalue weighted by Gasteiger charge is -2.35. The molecule has 3 atom stereocenters. The Hall–Kier alpha value is -1.70. The summed E-state index contributed by atoms with van der Waals surface area (Å²) in [6, 6.07) is 3.20. The highest BCUT2D eigenvalue weighted by Gasteiger charge is 2.33. The molecule has 7 heteroatoms. The number of pyridine rings is 1. The molecule has 22 heavy (non-hydrogen) atoms. The van der Waals surface area contributed by atoms with Crippen molar-refractivity contribution in [1.29, 1.82) is 0 Å². The van der Waals surface area contributed by atoms with E-state index in [1.54, 1.807) is 17.0 Å². The number of rotatable bonds is 5. The predicted molar refractivity (Wildman–Crippen MR) is 78.7 cm³/mol. The number of aliphatic hydroxyl groups excluding tert-OH is 2. The van der Waals surface area contributed by atoms with Crippen LogP contribution in [0.2, 0.25) is 0 Å². The first-order valence-electron chi connectivity index (χ1n) is 7.30. The molecule has 1 aliphatic heterocycles. The number of ether oxygens (including phenoxy) is 2. The summed E-state index contributed by atoms with van der Waals surface area (Å²) >= 11 is 0. The van der Waals surface area contributed by atoms with E-state index in [0.29, 0.717) is 31.1 Å². The van der Waals surface area contributed by atoms with Crippen LogP contribution in [0, 0.1) is 5.92 Å². The molecule has 1 saturated heterocycles. The van der Waals surface area contributed by atoms with Crippen LogP contribution in [0.15, 0.2) is 18.3 Å². The average molecular weight is 310 g/mol. The van der Waals surface area contributed by atoms with Crippen molar-refractivity contribution in [3.05, 3.63) is 23.9 Å². The Morgan fingerprint density at radius 2 is 2.27 bits per heavy atom. The number of carbonyl (C=O) groups is 1. The fourth-order valence-electron chi connectivity index (χ4n) is 2.49. The van der Waals surface area contributed by atoms with Crippen molar-refractivity contribution in [2.75, 3.05) is 33.4 Å². The Morgan fingerprint density at radius 1 is 1.50 bits per heavy atom. The minimum Gasteiger partial charge on any atom is -0.481 e. The van der Waals surface area contributed by atoms with Crippen molar-refractivity contribution in [2.45, 2.75) is 19.1 Å². The molecule has 0 bridgehead atoms. The van der Waals surface area contributed by atoms with E-state index >= 15 is 0 Å². The molecule has 1 amide bonds. The van der Waals surface area contributed by atoms with E-state index in [2.05, 4.69) is 4.98 Å². The van der Waals surface area contributed by atoms with E-state index in [4.69, 9.17) is 9.47 Å². The fraction of sp³-hybridized carbons (Fsp3) is 0.600. The third-order valence-corrected chi connectivity index (χ3v) is 3.81. The van der Waals surface area contributed by atoms with Gasteiger partial charge in [0.2, 0.25) is 5.88 Å². The molecule has 1 aromatic heterocycles. The number of nitrogens with zero attached hydrogens (tertiary/aromatic N) is 2. The number of methoxy groups -OCH3 is 1. The molecule has 2 N–H and O–H groups in total. The van der Waals surface area contributed by atoms with Gasteiger partial charge in [0.1, 0.15) is 6.10 Å². The molecule has 0 aliphatic carbocycles. The van der Waals surface area contributed by atoms with E-state index in [1.807, 2.05) is 6.92 Å². The van der Waals surface area contributed by atoms with E-state index in [1.165, 1.54) is 13.3 Å². The van der Waals surface area contributed by atoms with Gasteiger partial charge in [0.05, 0.1) is 26.4 Å². The molecule has 2 heterocycles. The lowest BCUT2D eigenvalue weighted by atomic mass is 9.95. The monoisotopic (exact) mass is 310 g/mol. The second-order valence-corrected chi connectivity index (χ2v) is 5.29. The van der Waals surface area contributed by atoms with Crippen LogP contribution in [0.5, 0.6) is 5.88 Å². The molecule has 1 aromatic rings. The van der Waals surface area contributed by atoms with Crippen LogP contribution in [0.3, 0.4) is 0 Å². The van der Waals surface area contributed by atoms with Gasteiger partial charge in [-0.05, 0) is 13.0 Å². The first-order valence-corrected chi connectivity index (χ1v) is 7.30. The second kappa shape index (κ2) is 7.53. The molecule has 0 radical (unpaired) electrons. The van der Waals surface area contributed by atoms with E-state index < -0.39 is 12.2 Å². The summed E-state index contributed by atoms with van der Waals surface area (Å²) in [7, 11) is 1.49. The zero-order valence-electron chi connectivity index (χ0n) is 12.8. The maximum atomic E-state index is 12.6. The van der Waals surface area contributed by atoms with Gasteiger partial charge in [0, 0.05) is 36.8 Å². The zero-order chi connectivity index (χ0) is 16.1. The molecule has 2 rings (SSSR count). The van der Waals surface area contributed by atoms with Crippen LogP contribution in [-0.2, 0) is 4.74 Å². The maximum Gasteiger partial charge on any atom is 0.254 e. The summed E-state index contributed by atoms with van der Waals surface area (Å²) in [5.74, 6) is -0.106. The Balaban J connectivity index is 2.08. The highest BCUT2D eigenvalue weighted by atomic mass is 16.5. The highest BCUT2D eigenvalue weighted by molar-refractivity contribution is 5.94. The van der Waals surface area contributed by atoms with Crippen molar-refractivity contribution in [3.63, 3.8) is 0 Å². The normalized spacial score (nSPS) is 24.8. The Kier molecular flexibility index (Phi) is 5.70. The van der Waals surface area contributed by atoms with E-state index in [-0.39, 0.29) is 18.4 Å². The third kappa shape index (κ3) is 3.73. The zero-order valence-corrected chi connectivity index (χ0v) is 12.8. The molecule has 0 aromatic carbocycles. The predicted octanol–water partition coefficient (Wildman–Crippen LogP) is -0.0795. The maximum absolute atomic E-state index is 12.6. The third-order valence-electron chi connectivity index (χ3n) is 3.81. The van der Waals surface area contributed by atoms with Gasteiger partial charge in [0.25, 0.3) is 5.91 Å². The van der Waals surface area contributed by atoms with Crippen LogP contribution in [-0.4, -0.2) is 71.6 Å². The van der Waals surface area contributed by atoms with Gasteiger partial charge in [0.15, 0.2) is 0 Å². The van der Waals surface area contributed by atoms with Crippen LogP contribution in [0.25, 0.3) is 0 Å². The van der Waals surface area contributed by atoms with Crippen molar-refractivity contribution in [3.8, 4) is 5.88 Å². The standard InChI is InChI=1S/C15H22N2O5/c1-3-17(7-11-8-22-9-12(18)14(11)19)15(20)10-4-5-16-13(6-10)21-2/h4-6,11-12,14,18-19H,3,7-9H2,1-2H3/t11-,12-,14+/m1/s1. The number of carbonyl (C=O) groups excluding carboxylic acids is 1. The topological polar surface area (TPSA) is 92.1 Å². The van der Waals surface area contributed by atoms with Crippen LogP contribution >= 0.6 is 0 Å². The number of aliphatic hydroxyl groups is 2. The quantitative estimate of drug-likeness (QED) is 0.790. The molecule has 0 spiro atoms. The Labute approximate surface area is 129 Å². The van der Waals surface area contributed by atoms with Crippen LogP contribution in [0.1, 0.15) is 17.3 Å². The molecular formula is C15H22N2O5. The fourth-order valence-corrected chi connectivity index (χ4v) is 2.49. The Morgan fingerprint density at radius 3 is 2.95 bits per heavy atom. The van der Waals surface area contributed by atoms with Gasteiger partial charge in [-0.2, -0.15) is 0 Å². The lowest BCUT2D eigenvalue weighted by molar-refractivity contribution is -0.123. The minimum atomic E-state index is -0.909. The van der Waals surface area contributed by atoms with Crippen molar-refractivity contribution in [2.24, 2.45) is 5.92 Å². The average Bonchev–Trinajstić information content (AvgIpc) is 2.55. The van der Waals surface area contributed by atoms with Crippen LogP contribution in [0.4, 0.5) is 0 Å². The summed E-state index contributed by atoms with van der Waals surface area (Å²) < 4.78 is 10.3. The molecular weight excluding hydrogens is 288 g/mol. The van der Waals surface area contributed by atoms with Gasteiger partial charge in [-0.1, -0.05) is 0 Å². The first kappa shape index (κ1) is 16.7. The van der Waals surface area contributed by atoms with Crippen molar-refractivity contribution >= 4 is 5.91 Å². The first-order chi connectivity index (χ1) is 10.6. The molecule has 1 fully saturated rings. The van der Waals surface area contributed by atoms with Crippen molar-refractivity contribution in [1.82, 2.24) is 9.88 Å². The number of aromatic nitrogens is 1. The molecule has 122 valence electrons. The molecule has 1 aliphatic rings. The highest BCUT2D eigenvalue weighted by Crippen LogP contribution is 2.18. The lowest BCUT2D eigenvalue weighted by Crippen LogP contribution is -2.49. The molecule has 7 nitrogen and oxygen atoms in total. The van der Waals surface area contributed by atoms with Gasteiger partial charge >= 0.3 is 0 Å².